The summed E-state index contributed by atoms with van der Waals surface area (Å²) in [5.41, 5.74) is 7.52. The highest BCUT2D eigenvalue weighted by Gasteiger charge is 2.18. The van der Waals surface area contributed by atoms with Crippen molar-refractivity contribution in [1.29, 1.82) is 0 Å². The maximum atomic E-state index is 6.01. The van der Waals surface area contributed by atoms with Gasteiger partial charge in [-0.2, -0.15) is 0 Å². The average Bonchev–Trinajstić information content (AvgIpc) is 2.45. The molecule has 2 aromatic heterocycles. The SMILES string of the molecule is NC1CCCC(CNc2ccc3nccnc3n2)C1. The van der Waals surface area contributed by atoms with Gasteiger partial charge < -0.3 is 11.1 Å². The van der Waals surface area contributed by atoms with E-state index in [1.165, 1.54) is 19.3 Å². The molecule has 2 heterocycles. The Morgan fingerprint density at radius 3 is 3.00 bits per heavy atom. The predicted molar refractivity (Wildman–Crippen MR) is 75.8 cm³/mol. The van der Waals surface area contributed by atoms with E-state index in [1.807, 2.05) is 12.1 Å². The number of hydrogen-bond acceptors (Lipinski definition) is 5. The van der Waals surface area contributed by atoms with Crippen LogP contribution in [0.4, 0.5) is 5.82 Å². The topological polar surface area (TPSA) is 76.7 Å². The van der Waals surface area contributed by atoms with Gasteiger partial charge >= 0.3 is 0 Å². The molecule has 2 atom stereocenters. The molecular formula is C14H19N5. The van der Waals surface area contributed by atoms with E-state index in [2.05, 4.69) is 20.3 Å². The molecule has 0 saturated heterocycles. The van der Waals surface area contributed by atoms with Crippen molar-refractivity contribution >= 4 is 17.0 Å². The molecule has 19 heavy (non-hydrogen) atoms. The number of hydrogen-bond donors (Lipinski definition) is 2. The third kappa shape index (κ3) is 2.98. The van der Waals surface area contributed by atoms with Gasteiger partial charge in [0.2, 0.25) is 0 Å². The van der Waals surface area contributed by atoms with E-state index in [0.29, 0.717) is 17.6 Å². The fourth-order valence-corrected chi connectivity index (χ4v) is 2.72. The molecule has 2 unspecified atom stereocenters. The van der Waals surface area contributed by atoms with Crippen molar-refractivity contribution in [2.45, 2.75) is 31.7 Å². The summed E-state index contributed by atoms with van der Waals surface area (Å²) in [6.07, 6.45) is 8.12. The number of pyridine rings is 1. The van der Waals surface area contributed by atoms with Crippen molar-refractivity contribution in [3.8, 4) is 0 Å². The summed E-state index contributed by atoms with van der Waals surface area (Å²) in [4.78, 5) is 12.9. The normalized spacial score (nSPS) is 23.4. The van der Waals surface area contributed by atoms with Gasteiger partial charge in [-0.15, -0.1) is 0 Å². The Morgan fingerprint density at radius 2 is 2.11 bits per heavy atom. The lowest BCUT2D eigenvalue weighted by Crippen LogP contribution is -2.31. The second kappa shape index (κ2) is 5.48. The Balaban J connectivity index is 1.64. The summed E-state index contributed by atoms with van der Waals surface area (Å²) in [5, 5.41) is 3.39. The molecule has 2 aromatic rings. The summed E-state index contributed by atoms with van der Waals surface area (Å²) < 4.78 is 0. The molecule has 0 aromatic carbocycles. The van der Waals surface area contributed by atoms with Crippen LogP contribution in [0, 0.1) is 5.92 Å². The molecule has 5 nitrogen and oxygen atoms in total. The van der Waals surface area contributed by atoms with Crippen molar-refractivity contribution in [3.05, 3.63) is 24.5 Å². The van der Waals surface area contributed by atoms with Crippen LogP contribution < -0.4 is 11.1 Å². The third-order valence-corrected chi connectivity index (χ3v) is 3.73. The van der Waals surface area contributed by atoms with E-state index >= 15 is 0 Å². The molecule has 0 radical (unpaired) electrons. The number of fused-ring (bicyclic) bond motifs is 1. The summed E-state index contributed by atoms with van der Waals surface area (Å²) in [7, 11) is 0. The minimum Gasteiger partial charge on any atom is -0.370 e. The number of aromatic nitrogens is 3. The van der Waals surface area contributed by atoms with Gasteiger partial charge in [-0.3, -0.25) is 4.98 Å². The zero-order valence-electron chi connectivity index (χ0n) is 10.9. The van der Waals surface area contributed by atoms with Crippen LogP contribution in [0.25, 0.3) is 11.2 Å². The Kier molecular flexibility index (Phi) is 3.55. The average molecular weight is 257 g/mol. The van der Waals surface area contributed by atoms with Gasteiger partial charge in [0, 0.05) is 25.0 Å². The van der Waals surface area contributed by atoms with Gasteiger partial charge in [-0.05, 0) is 37.3 Å². The monoisotopic (exact) mass is 257 g/mol. The molecule has 3 rings (SSSR count). The summed E-state index contributed by atoms with van der Waals surface area (Å²) in [6.45, 7) is 0.937. The van der Waals surface area contributed by atoms with E-state index in [-0.39, 0.29) is 0 Å². The fraction of sp³-hybridized carbons (Fsp3) is 0.500. The first kappa shape index (κ1) is 12.3. The fourth-order valence-electron chi connectivity index (χ4n) is 2.72. The lowest BCUT2D eigenvalue weighted by atomic mass is 9.86. The first-order chi connectivity index (χ1) is 9.31. The molecule has 100 valence electrons. The minimum absolute atomic E-state index is 0.371. The number of nitrogens with two attached hydrogens (primary N) is 1. The van der Waals surface area contributed by atoms with E-state index < -0.39 is 0 Å². The molecule has 1 aliphatic rings. The molecule has 3 N–H and O–H groups in total. The van der Waals surface area contributed by atoms with Crippen molar-refractivity contribution in [3.63, 3.8) is 0 Å². The van der Waals surface area contributed by atoms with Gasteiger partial charge in [-0.1, -0.05) is 6.42 Å². The molecule has 5 heteroatoms. The Hall–Kier alpha value is -1.75. The number of nitrogens with one attached hydrogen (secondary N) is 1. The van der Waals surface area contributed by atoms with Gasteiger partial charge in [-0.25, -0.2) is 9.97 Å². The van der Waals surface area contributed by atoms with E-state index in [9.17, 15) is 0 Å². The first-order valence-electron chi connectivity index (χ1n) is 6.88. The Morgan fingerprint density at radius 1 is 1.21 bits per heavy atom. The van der Waals surface area contributed by atoms with Crippen molar-refractivity contribution in [2.75, 3.05) is 11.9 Å². The van der Waals surface area contributed by atoms with Crippen LogP contribution in [0.2, 0.25) is 0 Å². The van der Waals surface area contributed by atoms with Crippen molar-refractivity contribution in [2.24, 2.45) is 11.7 Å². The van der Waals surface area contributed by atoms with Crippen LogP contribution in [0.3, 0.4) is 0 Å². The second-order valence-corrected chi connectivity index (χ2v) is 5.27. The molecule has 0 amide bonds. The number of anilines is 1. The second-order valence-electron chi connectivity index (χ2n) is 5.27. The van der Waals surface area contributed by atoms with Crippen LogP contribution in [-0.4, -0.2) is 27.5 Å². The molecule has 1 fully saturated rings. The van der Waals surface area contributed by atoms with E-state index in [1.54, 1.807) is 12.4 Å². The van der Waals surface area contributed by atoms with Gasteiger partial charge in [0.25, 0.3) is 0 Å². The molecule has 1 aliphatic carbocycles. The van der Waals surface area contributed by atoms with Crippen LogP contribution in [0.5, 0.6) is 0 Å². The van der Waals surface area contributed by atoms with Crippen LogP contribution in [0.1, 0.15) is 25.7 Å². The summed E-state index contributed by atoms with van der Waals surface area (Å²) >= 11 is 0. The molecule has 1 saturated carbocycles. The van der Waals surface area contributed by atoms with Gasteiger partial charge in [0.05, 0.1) is 0 Å². The Bertz CT molecular complexity index is 556. The van der Waals surface area contributed by atoms with Gasteiger partial charge in [0.1, 0.15) is 11.3 Å². The first-order valence-corrected chi connectivity index (χ1v) is 6.88. The molecule has 0 spiro atoms. The molecular weight excluding hydrogens is 238 g/mol. The zero-order chi connectivity index (χ0) is 13.1. The summed E-state index contributed by atoms with van der Waals surface area (Å²) in [5.74, 6) is 1.52. The maximum Gasteiger partial charge on any atom is 0.180 e. The highest BCUT2D eigenvalue weighted by atomic mass is 15.0. The van der Waals surface area contributed by atoms with Crippen LogP contribution in [-0.2, 0) is 0 Å². The quantitative estimate of drug-likeness (QED) is 0.879. The third-order valence-electron chi connectivity index (χ3n) is 3.73. The number of nitrogens with zero attached hydrogens (tertiary/aromatic N) is 3. The Labute approximate surface area is 112 Å². The van der Waals surface area contributed by atoms with Crippen LogP contribution >= 0.6 is 0 Å². The highest BCUT2D eigenvalue weighted by Crippen LogP contribution is 2.23. The maximum absolute atomic E-state index is 6.01. The van der Waals surface area contributed by atoms with E-state index in [0.717, 1.165) is 24.3 Å². The zero-order valence-corrected chi connectivity index (χ0v) is 10.9. The van der Waals surface area contributed by atoms with E-state index in [4.69, 9.17) is 5.73 Å². The lowest BCUT2D eigenvalue weighted by Gasteiger charge is -2.26. The predicted octanol–water partition coefficient (Wildman–Crippen LogP) is 1.95. The highest BCUT2D eigenvalue weighted by molar-refractivity contribution is 5.71. The van der Waals surface area contributed by atoms with Crippen molar-refractivity contribution in [1.82, 2.24) is 15.0 Å². The number of rotatable bonds is 3. The molecule has 0 aliphatic heterocycles. The summed E-state index contributed by atoms with van der Waals surface area (Å²) in [6, 6.07) is 4.28. The largest absolute Gasteiger partial charge is 0.370 e. The lowest BCUT2D eigenvalue weighted by molar-refractivity contribution is 0.335. The van der Waals surface area contributed by atoms with Crippen molar-refractivity contribution < 1.29 is 0 Å². The standard InChI is InChI=1S/C14H19N5/c15-11-3-1-2-10(8-11)9-18-13-5-4-12-14(19-13)17-7-6-16-12/h4-7,10-11H,1-3,8-9,15H2,(H,17,18,19). The van der Waals surface area contributed by atoms with Gasteiger partial charge in [0.15, 0.2) is 5.65 Å². The minimum atomic E-state index is 0.371. The molecule has 0 bridgehead atoms. The smallest absolute Gasteiger partial charge is 0.180 e. The van der Waals surface area contributed by atoms with Crippen LogP contribution in [0.15, 0.2) is 24.5 Å².